The van der Waals surface area contributed by atoms with Crippen molar-refractivity contribution >= 4 is 11.9 Å². The Morgan fingerprint density at radius 3 is 1.43 bits per heavy atom. The molecule has 0 aliphatic rings. The van der Waals surface area contributed by atoms with Crippen LogP contribution in [0.15, 0.2) is 78.9 Å². The monoisotopic (exact) mass is 396 g/mol. The molecule has 0 unspecified atom stereocenters. The summed E-state index contributed by atoms with van der Waals surface area (Å²) in [7, 11) is 0. The first-order valence-corrected chi connectivity index (χ1v) is 10.6. The lowest BCUT2D eigenvalue weighted by atomic mass is 9.86. The lowest BCUT2D eigenvalue weighted by molar-refractivity contribution is 0.104. The Morgan fingerprint density at radius 1 is 0.600 bits per heavy atom. The second-order valence-electron chi connectivity index (χ2n) is 9.97. The largest absolute Gasteiger partial charge is 0.289 e. The smallest absolute Gasteiger partial charge is 0.185 e. The molecule has 0 aromatic heterocycles. The maximum Gasteiger partial charge on any atom is 0.185 e. The predicted molar refractivity (Wildman–Crippen MR) is 129 cm³/mol. The van der Waals surface area contributed by atoms with E-state index in [0.29, 0.717) is 0 Å². The van der Waals surface area contributed by atoms with Gasteiger partial charge in [-0.25, -0.2) is 0 Å². The van der Waals surface area contributed by atoms with Crippen molar-refractivity contribution in [3.63, 3.8) is 0 Å². The maximum absolute atomic E-state index is 12.5. The molecule has 3 aromatic carbocycles. The summed E-state index contributed by atoms with van der Waals surface area (Å²) in [6.07, 6.45) is 3.53. The molecule has 0 spiro atoms. The van der Waals surface area contributed by atoms with Gasteiger partial charge in [-0.15, -0.1) is 0 Å². The van der Waals surface area contributed by atoms with Gasteiger partial charge in [0.15, 0.2) is 5.78 Å². The third-order valence-corrected chi connectivity index (χ3v) is 5.46. The molecule has 0 radical (unpaired) electrons. The minimum Gasteiger partial charge on any atom is -0.289 e. The van der Waals surface area contributed by atoms with Crippen molar-refractivity contribution in [2.45, 2.75) is 52.4 Å². The number of hydrogen-bond donors (Lipinski definition) is 0. The van der Waals surface area contributed by atoms with Crippen molar-refractivity contribution < 1.29 is 4.79 Å². The van der Waals surface area contributed by atoms with Gasteiger partial charge in [0, 0.05) is 5.56 Å². The molecule has 154 valence electrons. The number of ketones is 1. The van der Waals surface area contributed by atoms with E-state index in [1.54, 1.807) is 6.08 Å². The van der Waals surface area contributed by atoms with Gasteiger partial charge in [0.05, 0.1) is 0 Å². The first kappa shape index (κ1) is 21.8. The highest BCUT2D eigenvalue weighted by Gasteiger charge is 2.14. The number of hydrogen-bond acceptors (Lipinski definition) is 1. The number of carbonyl (C=O) groups is 1. The first-order chi connectivity index (χ1) is 14.0. The third-order valence-electron chi connectivity index (χ3n) is 5.46. The van der Waals surface area contributed by atoms with E-state index in [4.69, 9.17) is 0 Å². The predicted octanol–water partition coefficient (Wildman–Crippen LogP) is 7.84. The number of allylic oxidation sites excluding steroid dienone is 1. The van der Waals surface area contributed by atoms with Gasteiger partial charge >= 0.3 is 0 Å². The molecule has 3 aromatic rings. The Labute approximate surface area is 181 Å². The average Bonchev–Trinajstić information content (AvgIpc) is 2.71. The molecule has 0 atom stereocenters. The van der Waals surface area contributed by atoms with Gasteiger partial charge in [-0.1, -0.05) is 120 Å². The summed E-state index contributed by atoms with van der Waals surface area (Å²) in [5.41, 5.74) is 6.93. The second kappa shape index (κ2) is 8.44. The fourth-order valence-electron chi connectivity index (χ4n) is 3.35. The third kappa shape index (κ3) is 5.36. The van der Waals surface area contributed by atoms with Crippen LogP contribution in [-0.2, 0) is 10.8 Å². The van der Waals surface area contributed by atoms with Gasteiger partial charge in [-0.05, 0) is 44.7 Å². The van der Waals surface area contributed by atoms with E-state index in [9.17, 15) is 4.79 Å². The Hall–Kier alpha value is -2.93. The van der Waals surface area contributed by atoms with E-state index in [1.165, 1.54) is 22.3 Å². The second-order valence-corrected chi connectivity index (χ2v) is 9.97. The van der Waals surface area contributed by atoms with Crippen molar-refractivity contribution in [3.05, 3.63) is 101 Å². The van der Waals surface area contributed by atoms with Gasteiger partial charge in [0.25, 0.3) is 0 Å². The number of carbonyl (C=O) groups excluding carboxylic acids is 1. The summed E-state index contributed by atoms with van der Waals surface area (Å²) in [6, 6.07) is 25.0. The fraction of sp³-hybridized carbons (Fsp3) is 0.276. The van der Waals surface area contributed by atoms with E-state index >= 15 is 0 Å². The quantitative estimate of drug-likeness (QED) is 0.324. The molecule has 0 aliphatic heterocycles. The molecule has 30 heavy (non-hydrogen) atoms. The van der Waals surface area contributed by atoms with Crippen molar-refractivity contribution in [3.8, 4) is 11.1 Å². The van der Waals surface area contributed by atoms with E-state index < -0.39 is 0 Å². The zero-order valence-corrected chi connectivity index (χ0v) is 19.0. The van der Waals surface area contributed by atoms with Crippen LogP contribution in [0.2, 0.25) is 0 Å². The van der Waals surface area contributed by atoms with Gasteiger partial charge < -0.3 is 0 Å². The van der Waals surface area contributed by atoms with Crippen LogP contribution in [0.3, 0.4) is 0 Å². The van der Waals surface area contributed by atoms with Crippen LogP contribution in [0.5, 0.6) is 0 Å². The van der Waals surface area contributed by atoms with E-state index in [2.05, 4.69) is 90.1 Å². The summed E-state index contributed by atoms with van der Waals surface area (Å²) < 4.78 is 0. The molecule has 3 rings (SSSR count). The highest BCUT2D eigenvalue weighted by molar-refractivity contribution is 6.06. The molecule has 0 saturated carbocycles. The van der Waals surface area contributed by atoms with Crippen LogP contribution in [0.25, 0.3) is 17.2 Å². The lowest BCUT2D eigenvalue weighted by Gasteiger charge is -2.19. The van der Waals surface area contributed by atoms with E-state index in [-0.39, 0.29) is 16.6 Å². The van der Waals surface area contributed by atoms with Gasteiger partial charge in [0.1, 0.15) is 0 Å². The molecule has 1 nitrogen and oxygen atoms in total. The van der Waals surface area contributed by atoms with Gasteiger partial charge in [-0.3, -0.25) is 4.79 Å². The first-order valence-electron chi connectivity index (χ1n) is 10.6. The highest BCUT2D eigenvalue weighted by atomic mass is 16.1. The van der Waals surface area contributed by atoms with Crippen LogP contribution in [0.1, 0.15) is 68.6 Å². The van der Waals surface area contributed by atoms with Crippen LogP contribution in [0.4, 0.5) is 0 Å². The van der Waals surface area contributed by atoms with E-state index in [0.717, 1.165) is 11.1 Å². The van der Waals surface area contributed by atoms with Gasteiger partial charge in [-0.2, -0.15) is 0 Å². The molecule has 0 amide bonds. The molecular formula is C29H32O. The molecule has 0 saturated heterocycles. The van der Waals surface area contributed by atoms with Crippen LogP contribution >= 0.6 is 0 Å². The van der Waals surface area contributed by atoms with Crippen molar-refractivity contribution in [1.82, 2.24) is 0 Å². The fourth-order valence-corrected chi connectivity index (χ4v) is 3.35. The number of benzene rings is 3. The molecule has 0 aliphatic carbocycles. The average molecular weight is 397 g/mol. The molecule has 1 heteroatoms. The molecule has 0 heterocycles. The Balaban J connectivity index is 1.69. The summed E-state index contributed by atoms with van der Waals surface area (Å²) in [5, 5.41) is 0. The Bertz CT molecular complexity index is 1020. The van der Waals surface area contributed by atoms with E-state index in [1.807, 2.05) is 30.3 Å². The minimum absolute atomic E-state index is 0.0253. The summed E-state index contributed by atoms with van der Waals surface area (Å²) >= 11 is 0. The summed E-state index contributed by atoms with van der Waals surface area (Å²) in [5.74, 6) is 0.0253. The topological polar surface area (TPSA) is 17.1 Å². The number of rotatable bonds is 4. The van der Waals surface area contributed by atoms with Crippen molar-refractivity contribution in [1.29, 1.82) is 0 Å². The zero-order valence-electron chi connectivity index (χ0n) is 19.0. The Kier molecular flexibility index (Phi) is 6.12. The zero-order chi connectivity index (χ0) is 21.9. The van der Waals surface area contributed by atoms with Crippen LogP contribution < -0.4 is 0 Å². The molecule has 0 N–H and O–H groups in total. The summed E-state index contributed by atoms with van der Waals surface area (Å²) in [6.45, 7) is 13.2. The molecule has 0 bridgehead atoms. The molecular weight excluding hydrogens is 364 g/mol. The normalized spacial score (nSPS) is 12.3. The molecule has 0 fully saturated rings. The van der Waals surface area contributed by atoms with Crippen LogP contribution in [-0.4, -0.2) is 5.78 Å². The van der Waals surface area contributed by atoms with Crippen molar-refractivity contribution in [2.75, 3.05) is 0 Å². The lowest BCUT2D eigenvalue weighted by Crippen LogP contribution is -2.11. The standard InChI is InChI=1S/C29H32O/c1-28(2,3)25-16-12-23(13-17-25)22-10-7-21(8-11-22)9-20-27(30)24-14-18-26(19-15-24)29(4,5)6/h7-20H,1-6H3/b20-9+. The maximum atomic E-state index is 12.5. The van der Waals surface area contributed by atoms with Crippen molar-refractivity contribution in [2.24, 2.45) is 0 Å². The van der Waals surface area contributed by atoms with Gasteiger partial charge in [0.2, 0.25) is 0 Å². The van der Waals surface area contributed by atoms with Crippen LogP contribution in [0, 0.1) is 0 Å². The Morgan fingerprint density at radius 2 is 1.00 bits per heavy atom. The highest BCUT2D eigenvalue weighted by Crippen LogP contribution is 2.26. The minimum atomic E-state index is 0.0253. The SMILES string of the molecule is CC(C)(C)c1ccc(C(=O)/C=C/c2ccc(-c3ccc(C(C)(C)C)cc3)cc2)cc1. The summed E-state index contributed by atoms with van der Waals surface area (Å²) in [4.78, 5) is 12.5.